The van der Waals surface area contributed by atoms with E-state index in [1.807, 2.05) is 0 Å². The lowest BCUT2D eigenvalue weighted by atomic mass is 9.82. The van der Waals surface area contributed by atoms with Crippen LogP contribution in [-0.2, 0) is 11.2 Å². The van der Waals surface area contributed by atoms with Crippen molar-refractivity contribution in [1.82, 2.24) is 0 Å². The first kappa shape index (κ1) is 11.3. The van der Waals surface area contributed by atoms with E-state index in [-0.39, 0.29) is 24.5 Å². The third-order valence-corrected chi connectivity index (χ3v) is 3.13. The number of halogens is 2. The fraction of sp³-hybridized carbons (Fsp3) is 0.583. The van der Waals surface area contributed by atoms with Crippen LogP contribution in [0.2, 0.25) is 0 Å². The Balaban J connectivity index is 1.87. The lowest BCUT2D eigenvalue weighted by Gasteiger charge is -2.27. The van der Waals surface area contributed by atoms with Gasteiger partial charge in [0.25, 0.3) is 0 Å². The largest absolute Gasteiger partial charge is 0.472 e. The zero-order chi connectivity index (χ0) is 11.6. The SMILES string of the molecule is O=C(Cc1ccoc1)C1CCC(F)(F)CC1. The van der Waals surface area contributed by atoms with E-state index in [9.17, 15) is 13.6 Å². The van der Waals surface area contributed by atoms with E-state index in [0.29, 0.717) is 19.3 Å². The summed E-state index contributed by atoms with van der Waals surface area (Å²) in [4.78, 5) is 11.8. The van der Waals surface area contributed by atoms with Crippen LogP contribution in [0.15, 0.2) is 23.0 Å². The average molecular weight is 228 g/mol. The summed E-state index contributed by atoms with van der Waals surface area (Å²) in [5.41, 5.74) is 0.822. The molecule has 1 fully saturated rings. The van der Waals surface area contributed by atoms with Crippen LogP contribution in [0, 0.1) is 5.92 Å². The molecular formula is C12H14F2O2. The molecule has 1 saturated carbocycles. The molecule has 0 spiro atoms. The standard InChI is InChI=1S/C12H14F2O2/c13-12(14)4-1-10(2-5-12)11(15)7-9-3-6-16-8-9/h3,6,8,10H,1-2,4-5,7H2. The van der Waals surface area contributed by atoms with E-state index < -0.39 is 5.92 Å². The molecule has 0 aromatic carbocycles. The highest BCUT2D eigenvalue weighted by Gasteiger charge is 2.37. The second kappa shape index (κ2) is 4.36. The molecule has 0 atom stereocenters. The van der Waals surface area contributed by atoms with Gasteiger partial charge in [0.2, 0.25) is 5.92 Å². The highest BCUT2D eigenvalue weighted by molar-refractivity contribution is 5.83. The predicted octanol–water partition coefficient (Wildman–Crippen LogP) is 3.22. The van der Waals surface area contributed by atoms with Crippen LogP contribution in [0.3, 0.4) is 0 Å². The first-order chi connectivity index (χ1) is 7.57. The quantitative estimate of drug-likeness (QED) is 0.795. The van der Waals surface area contributed by atoms with Gasteiger partial charge in [-0.1, -0.05) is 0 Å². The zero-order valence-corrected chi connectivity index (χ0v) is 8.92. The summed E-state index contributed by atoms with van der Waals surface area (Å²) >= 11 is 0. The molecule has 16 heavy (non-hydrogen) atoms. The molecule has 1 aromatic rings. The minimum atomic E-state index is -2.56. The van der Waals surface area contributed by atoms with E-state index in [2.05, 4.69) is 0 Å². The van der Waals surface area contributed by atoms with Crippen LogP contribution >= 0.6 is 0 Å². The van der Waals surface area contributed by atoms with Gasteiger partial charge in [-0.15, -0.1) is 0 Å². The Bertz CT molecular complexity index is 347. The van der Waals surface area contributed by atoms with Gasteiger partial charge < -0.3 is 4.42 Å². The molecule has 0 saturated heterocycles. The number of alkyl halides is 2. The molecule has 0 bridgehead atoms. The van der Waals surface area contributed by atoms with Gasteiger partial charge in [-0.05, 0) is 24.5 Å². The van der Waals surface area contributed by atoms with Gasteiger partial charge >= 0.3 is 0 Å². The Kier molecular flexibility index (Phi) is 3.08. The zero-order valence-electron chi connectivity index (χ0n) is 8.92. The number of hydrogen-bond donors (Lipinski definition) is 0. The van der Waals surface area contributed by atoms with Crippen molar-refractivity contribution in [2.75, 3.05) is 0 Å². The second-order valence-corrected chi connectivity index (χ2v) is 4.40. The number of rotatable bonds is 3. The van der Waals surface area contributed by atoms with Crippen molar-refractivity contribution in [2.24, 2.45) is 5.92 Å². The number of carbonyl (C=O) groups excluding carboxylic acids is 1. The molecule has 0 unspecified atom stereocenters. The highest BCUT2D eigenvalue weighted by atomic mass is 19.3. The molecule has 1 aliphatic carbocycles. The molecule has 0 radical (unpaired) electrons. The van der Waals surface area contributed by atoms with Crippen LogP contribution in [0.5, 0.6) is 0 Å². The Hall–Kier alpha value is -1.19. The number of Topliss-reactive ketones (excluding diaryl/α,β-unsaturated/α-hetero) is 1. The molecule has 1 aliphatic rings. The van der Waals surface area contributed by atoms with E-state index >= 15 is 0 Å². The van der Waals surface area contributed by atoms with Crippen molar-refractivity contribution in [3.63, 3.8) is 0 Å². The van der Waals surface area contributed by atoms with E-state index in [0.717, 1.165) is 5.56 Å². The molecule has 4 heteroatoms. The maximum Gasteiger partial charge on any atom is 0.248 e. The van der Waals surface area contributed by atoms with Crippen LogP contribution in [0.25, 0.3) is 0 Å². The van der Waals surface area contributed by atoms with Crippen molar-refractivity contribution in [3.05, 3.63) is 24.2 Å². The molecule has 1 aromatic heterocycles. The summed E-state index contributed by atoms with van der Waals surface area (Å²) in [5, 5.41) is 0. The molecule has 1 heterocycles. The predicted molar refractivity (Wildman–Crippen MR) is 54.3 cm³/mol. The second-order valence-electron chi connectivity index (χ2n) is 4.40. The van der Waals surface area contributed by atoms with Crippen molar-refractivity contribution in [1.29, 1.82) is 0 Å². The molecule has 88 valence electrons. The van der Waals surface area contributed by atoms with Crippen LogP contribution in [0.1, 0.15) is 31.2 Å². The normalized spacial score (nSPS) is 20.9. The smallest absolute Gasteiger partial charge is 0.248 e. The van der Waals surface area contributed by atoms with E-state index in [1.54, 1.807) is 6.07 Å². The highest BCUT2D eigenvalue weighted by Crippen LogP contribution is 2.36. The van der Waals surface area contributed by atoms with Gasteiger partial charge in [0.1, 0.15) is 5.78 Å². The first-order valence-corrected chi connectivity index (χ1v) is 5.48. The molecule has 2 rings (SSSR count). The Morgan fingerprint density at radius 3 is 2.69 bits per heavy atom. The Morgan fingerprint density at radius 1 is 1.44 bits per heavy atom. The molecule has 0 amide bonds. The van der Waals surface area contributed by atoms with Crippen molar-refractivity contribution in [2.45, 2.75) is 38.0 Å². The lowest BCUT2D eigenvalue weighted by Crippen LogP contribution is -2.29. The van der Waals surface area contributed by atoms with Crippen molar-refractivity contribution >= 4 is 5.78 Å². The number of carbonyl (C=O) groups is 1. The van der Waals surface area contributed by atoms with Gasteiger partial charge in [0.15, 0.2) is 0 Å². The van der Waals surface area contributed by atoms with E-state index in [4.69, 9.17) is 4.42 Å². The van der Waals surface area contributed by atoms with Gasteiger partial charge in [0.05, 0.1) is 12.5 Å². The van der Waals surface area contributed by atoms with Gasteiger partial charge in [-0.2, -0.15) is 0 Å². The Labute approximate surface area is 92.6 Å². The monoisotopic (exact) mass is 228 g/mol. The molecule has 2 nitrogen and oxygen atoms in total. The average Bonchev–Trinajstić information content (AvgIpc) is 2.70. The minimum Gasteiger partial charge on any atom is -0.472 e. The van der Waals surface area contributed by atoms with Gasteiger partial charge in [-0.3, -0.25) is 4.79 Å². The Morgan fingerprint density at radius 2 is 2.12 bits per heavy atom. The maximum atomic E-state index is 12.9. The summed E-state index contributed by atoms with van der Waals surface area (Å²) in [6, 6.07) is 1.73. The summed E-state index contributed by atoms with van der Waals surface area (Å²) < 4.78 is 30.6. The summed E-state index contributed by atoms with van der Waals surface area (Å²) in [7, 11) is 0. The van der Waals surface area contributed by atoms with Gasteiger partial charge in [0, 0.05) is 25.2 Å². The minimum absolute atomic E-state index is 0.0527. The fourth-order valence-corrected chi connectivity index (χ4v) is 2.10. The van der Waals surface area contributed by atoms with Crippen LogP contribution in [0.4, 0.5) is 8.78 Å². The maximum absolute atomic E-state index is 12.9. The number of hydrogen-bond acceptors (Lipinski definition) is 2. The van der Waals surface area contributed by atoms with Crippen molar-refractivity contribution in [3.8, 4) is 0 Å². The molecule has 0 aliphatic heterocycles. The summed E-state index contributed by atoms with van der Waals surface area (Å²) in [6.07, 6.45) is 3.64. The molecular weight excluding hydrogens is 214 g/mol. The first-order valence-electron chi connectivity index (χ1n) is 5.48. The molecule has 0 N–H and O–H groups in total. The summed E-state index contributed by atoms with van der Waals surface area (Å²) in [6.45, 7) is 0. The van der Waals surface area contributed by atoms with Crippen LogP contribution < -0.4 is 0 Å². The van der Waals surface area contributed by atoms with E-state index in [1.165, 1.54) is 12.5 Å². The third kappa shape index (κ3) is 2.68. The lowest BCUT2D eigenvalue weighted by molar-refractivity contribution is -0.126. The topological polar surface area (TPSA) is 30.2 Å². The van der Waals surface area contributed by atoms with Crippen molar-refractivity contribution < 1.29 is 18.0 Å². The summed E-state index contributed by atoms with van der Waals surface area (Å²) in [5.74, 6) is -2.71. The van der Waals surface area contributed by atoms with Crippen LogP contribution in [-0.4, -0.2) is 11.7 Å². The number of furan rings is 1. The van der Waals surface area contributed by atoms with Gasteiger partial charge in [-0.25, -0.2) is 8.78 Å². The fourth-order valence-electron chi connectivity index (χ4n) is 2.10. The number of ketones is 1. The third-order valence-electron chi connectivity index (χ3n) is 3.13.